The molecule has 0 bridgehead atoms. The minimum atomic E-state index is -0.420. The molecular formula is C19H19N3O3. The highest BCUT2D eigenvalue weighted by Gasteiger charge is 2.12. The summed E-state index contributed by atoms with van der Waals surface area (Å²) in [6.07, 6.45) is 3.12. The van der Waals surface area contributed by atoms with Crippen molar-refractivity contribution >= 4 is 17.7 Å². The molecule has 1 saturated heterocycles. The SMILES string of the molecule is N#C/C(=C\c1ccc(N2CCOCC2)cc1)C(=O)NCc1ccco1. The number of anilines is 1. The van der Waals surface area contributed by atoms with E-state index in [1.807, 2.05) is 30.3 Å². The molecule has 0 saturated carbocycles. The highest BCUT2D eigenvalue weighted by atomic mass is 16.5. The van der Waals surface area contributed by atoms with Crippen LogP contribution in [0.15, 0.2) is 52.7 Å². The van der Waals surface area contributed by atoms with Gasteiger partial charge in [-0.15, -0.1) is 0 Å². The number of carbonyl (C=O) groups excluding carboxylic acids is 1. The van der Waals surface area contributed by atoms with Crippen LogP contribution in [-0.4, -0.2) is 32.2 Å². The van der Waals surface area contributed by atoms with E-state index in [4.69, 9.17) is 9.15 Å². The molecule has 0 atom stereocenters. The summed E-state index contributed by atoms with van der Waals surface area (Å²) in [6.45, 7) is 3.45. The molecule has 3 rings (SSSR count). The molecule has 1 N–H and O–H groups in total. The first-order chi connectivity index (χ1) is 12.3. The van der Waals surface area contributed by atoms with Crippen LogP contribution in [0.2, 0.25) is 0 Å². The van der Waals surface area contributed by atoms with E-state index >= 15 is 0 Å². The average Bonchev–Trinajstić information content (AvgIpc) is 3.19. The number of carbonyl (C=O) groups is 1. The molecule has 6 heteroatoms. The number of furan rings is 1. The van der Waals surface area contributed by atoms with E-state index in [0.29, 0.717) is 5.76 Å². The molecule has 1 aromatic carbocycles. The number of amides is 1. The summed E-state index contributed by atoms with van der Waals surface area (Å²) in [5.41, 5.74) is 1.98. The lowest BCUT2D eigenvalue weighted by molar-refractivity contribution is -0.117. The Balaban J connectivity index is 1.64. The Kier molecular flexibility index (Phi) is 5.50. The van der Waals surface area contributed by atoms with Gasteiger partial charge in [0.15, 0.2) is 0 Å². The molecule has 1 aliphatic heterocycles. The quantitative estimate of drug-likeness (QED) is 0.669. The molecule has 2 aromatic rings. The minimum Gasteiger partial charge on any atom is -0.467 e. The summed E-state index contributed by atoms with van der Waals surface area (Å²) in [4.78, 5) is 14.4. The zero-order valence-electron chi connectivity index (χ0n) is 13.8. The zero-order chi connectivity index (χ0) is 17.5. The molecule has 0 unspecified atom stereocenters. The van der Waals surface area contributed by atoms with Crippen LogP contribution in [0.1, 0.15) is 11.3 Å². The number of nitriles is 1. The van der Waals surface area contributed by atoms with Gasteiger partial charge < -0.3 is 19.4 Å². The van der Waals surface area contributed by atoms with E-state index in [2.05, 4.69) is 10.2 Å². The smallest absolute Gasteiger partial charge is 0.262 e. The molecule has 25 heavy (non-hydrogen) atoms. The molecule has 1 amide bonds. The summed E-state index contributed by atoms with van der Waals surface area (Å²) < 4.78 is 10.5. The van der Waals surface area contributed by atoms with Gasteiger partial charge in [-0.3, -0.25) is 4.79 Å². The number of nitrogens with one attached hydrogen (secondary N) is 1. The predicted octanol–water partition coefficient (Wildman–Crippen LogP) is 2.34. The summed E-state index contributed by atoms with van der Waals surface area (Å²) >= 11 is 0. The molecule has 0 spiro atoms. The summed E-state index contributed by atoms with van der Waals surface area (Å²) in [5.74, 6) is 0.219. The molecule has 6 nitrogen and oxygen atoms in total. The summed E-state index contributed by atoms with van der Waals surface area (Å²) in [5, 5.41) is 11.9. The number of hydrogen-bond acceptors (Lipinski definition) is 5. The Labute approximate surface area is 146 Å². The van der Waals surface area contributed by atoms with Crippen LogP contribution in [0.5, 0.6) is 0 Å². The fourth-order valence-electron chi connectivity index (χ4n) is 2.59. The fourth-order valence-corrected chi connectivity index (χ4v) is 2.59. The van der Waals surface area contributed by atoms with Crippen molar-refractivity contribution in [2.24, 2.45) is 0 Å². The lowest BCUT2D eigenvalue weighted by Crippen LogP contribution is -2.36. The third-order valence-electron chi connectivity index (χ3n) is 3.95. The van der Waals surface area contributed by atoms with Gasteiger partial charge in [0.05, 0.1) is 26.0 Å². The average molecular weight is 337 g/mol. The lowest BCUT2D eigenvalue weighted by Gasteiger charge is -2.28. The second-order valence-electron chi connectivity index (χ2n) is 5.62. The van der Waals surface area contributed by atoms with Crippen LogP contribution >= 0.6 is 0 Å². The van der Waals surface area contributed by atoms with E-state index in [1.54, 1.807) is 24.5 Å². The second kappa shape index (κ2) is 8.18. The number of nitrogens with zero attached hydrogens (tertiary/aromatic N) is 2. The summed E-state index contributed by atoms with van der Waals surface area (Å²) in [7, 11) is 0. The molecule has 0 radical (unpaired) electrons. The largest absolute Gasteiger partial charge is 0.467 e. The van der Waals surface area contributed by atoms with Gasteiger partial charge in [-0.25, -0.2) is 0 Å². The third-order valence-corrected chi connectivity index (χ3v) is 3.95. The molecule has 128 valence electrons. The highest BCUT2D eigenvalue weighted by Crippen LogP contribution is 2.18. The van der Waals surface area contributed by atoms with Crippen molar-refractivity contribution in [3.63, 3.8) is 0 Å². The molecule has 1 aromatic heterocycles. The Morgan fingerprint density at radius 3 is 2.64 bits per heavy atom. The number of rotatable bonds is 5. The van der Waals surface area contributed by atoms with Gasteiger partial charge in [-0.2, -0.15) is 5.26 Å². The van der Waals surface area contributed by atoms with Gasteiger partial charge >= 0.3 is 0 Å². The van der Waals surface area contributed by atoms with Crippen LogP contribution in [0.25, 0.3) is 6.08 Å². The molecular weight excluding hydrogens is 318 g/mol. The van der Waals surface area contributed by atoms with Crippen molar-refractivity contribution in [1.29, 1.82) is 5.26 Å². The summed E-state index contributed by atoms with van der Waals surface area (Å²) in [6, 6.07) is 13.3. The first kappa shape index (κ1) is 16.8. The van der Waals surface area contributed by atoms with E-state index in [1.165, 1.54) is 0 Å². The molecule has 0 aliphatic carbocycles. The van der Waals surface area contributed by atoms with Crippen LogP contribution in [0, 0.1) is 11.3 Å². The van der Waals surface area contributed by atoms with Gasteiger partial charge in [-0.05, 0) is 35.9 Å². The van der Waals surface area contributed by atoms with Crippen molar-refractivity contribution in [2.75, 3.05) is 31.2 Å². The molecule has 1 fully saturated rings. The van der Waals surface area contributed by atoms with E-state index < -0.39 is 5.91 Å². The number of benzene rings is 1. The van der Waals surface area contributed by atoms with Crippen molar-refractivity contribution in [3.05, 3.63) is 59.6 Å². The Bertz CT molecular complexity index is 767. The van der Waals surface area contributed by atoms with E-state index in [-0.39, 0.29) is 12.1 Å². The van der Waals surface area contributed by atoms with Crippen LogP contribution in [0.3, 0.4) is 0 Å². The maximum Gasteiger partial charge on any atom is 0.262 e. The normalized spacial score (nSPS) is 14.8. The van der Waals surface area contributed by atoms with E-state index in [9.17, 15) is 10.1 Å². The maximum atomic E-state index is 12.1. The topological polar surface area (TPSA) is 78.5 Å². The first-order valence-electron chi connectivity index (χ1n) is 8.11. The van der Waals surface area contributed by atoms with E-state index in [0.717, 1.165) is 37.6 Å². The lowest BCUT2D eigenvalue weighted by atomic mass is 10.1. The van der Waals surface area contributed by atoms with Gasteiger partial charge in [0.25, 0.3) is 5.91 Å². The van der Waals surface area contributed by atoms with Crippen molar-refractivity contribution in [2.45, 2.75) is 6.54 Å². The Morgan fingerprint density at radius 2 is 2.00 bits per heavy atom. The van der Waals surface area contributed by atoms with Crippen molar-refractivity contribution < 1.29 is 13.9 Å². The predicted molar refractivity (Wildman–Crippen MR) is 93.6 cm³/mol. The standard InChI is InChI=1S/C19H19N3O3/c20-13-16(19(23)21-14-18-2-1-9-25-18)12-15-3-5-17(6-4-15)22-7-10-24-11-8-22/h1-6,9,12H,7-8,10-11,14H2,(H,21,23)/b16-12+. The highest BCUT2D eigenvalue weighted by molar-refractivity contribution is 6.01. The fraction of sp³-hybridized carbons (Fsp3) is 0.263. The number of hydrogen-bond donors (Lipinski definition) is 1. The molecule has 2 heterocycles. The number of morpholine rings is 1. The van der Waals surface area contributed by atoms with Crippen LogP contribution < -0.4 is 10.2 Å². The van der Waals surface area contributed by atoms with Gasteiger partial charge in [0.1, 0.15) is 17.4 Å². The van der Waals surface area contributed by atoms with Crippen LogP contribution in [-0.2, 0) is 16.1 Å². The Morgan fingerprint density at radius 1 is 1.24 bits per heavy atom. The van der Waals surface area contributed by atoms with Gasteiger partial charge in [0, 0.05) is 18.8 Å². The molecule has 1 aliphatic rings. The second-order valence-corrected chi connectivity index (χ2v) is 5.62. The first-order valence-corrected chi connectivity index (χ1v) is 8.11. The minimum absolute atomic E-state index is 0.0608. The Hall–Kier alpha value is -3.04. The van der Waals surface area contributed by atoms with Gasteiger partial charge in [-0.1, -0.05) is 12.1 Å². The maximum absolute atomic E-state index is 12.1. The van der Waals surface area contributed by atoms with Crippen molar-refractivity contribution in [3.8, 4) is 6.07 Å². The zero-order valence-corrected chi connectivity index (χ0v) is 13.8. The van der Waals surface area contributed by atoms with Crippen LogP contribution in [0.4, 0.5) is 5.69 Å². The monoisotopic (exact) mass is 337 g/mol. The van der Waals surface area contributed by atoms with Crippen molar-refractivity contribution in [1.82, 2.24) is 5.32 Å². The van der Waals surface area contributed by atoms with Gasteiger partial charge in [0.2, 0.25) is 0 Å². The number of ether oxygens (including phenoxy) is 1. The third kappa shape index (κ3) is 4.49.